The Balaban J connectivity index is 0.000000810. The molecular weight excluding hydrogens is 171 g/mol. The summed E-state index contributed by atoms with van der Waals surface area (Å²) in [5.41, 5.74) is 0.541. The van der Waals surface area contributed by atoms with Gasteiger partial charge in [-0.05, 0) is 11.6 Å². The maximum Gasteiger partial charge on any atom is 0.252 e. The Morgan fingerprint density at radius 1 is 1.20 bits per heavy atom. The molecule has 0 aliphatic rings. The van der Waals surface area contributed by atoms with Crippen LogP contribution in [-0.2, 0) is 0 Å². The average Bonchev–Trinajstić information content (AvgIpc) is 1.90. The van der Waals surface area contributed by atoms with Crippen LogP contribution in [-0.4, -0.2) is 5.24 Å². The van der Waals surface area contributed by atoms with Gasteiger partial charge in [0.2, 0.25) is 0 Å². The molecule has 1 rings (SSSR count). The largest absolute Gasteiger partial charge is 0.276 e. The molecule has 0 N–H and O–H groups in total. The monoisotopic (exact) mass is 176 g/mol. The molecule has 0 aliphatic heterocycles. The van der Waals surface area contributed by atoms with Crippen molar-refractivity contribution in [2.75, 3.05) is 0 Å². The average molecular weight is 177 g/mol. The van der Waals surface area contributed by atoms with Gasteiger partial charge >= 0.3 is 0 Å². The van der Waals surface area contributed by atoms with Gasteiger partial charge in [-0.2, -0.15) is 0 Å². The quantitative estimate of drug-likeness (QED) is 0.602. The molecule has 0 unspecified atom stereocenters. The molecule has 0 spiro atoms. The lowest BCUT2D eigenvalue weighted by molar-refractivity contribution is 0.108. The third-order valence-electron chi connectivity index (χ3n) is 1.00. The Hall–Kier alpha value is -0.530. The van der Waals surface area contributed by atoms with E-state index in [0.717, 1.165) is 0 Å². The Labute approximate surface area is 70.4 Å². The minimum absolute atomic E-state index is 0. The van der Waals surface area contributed by atoms with Gasteiger partial charge in [0.1, 0.15) is 0 Å². The second kappa shape index (κ2) is 4.31. The lowest BCUT2D eigenvalue weighted by atomic mass is 10.2. The van der Waals surface area contributed by atoms with Crippen LogP contribution in [0.25, 0.3) is 0 Å². The molecule has 0 radical (unpaired) electrons. The molecule has 0 bridgehead atoms. The van der Waals surface area contributed by atoms with Crippen molar-refractivity contribution in [3.8, 4) is 0 Å². The third kappa shape index (κ3) is 2.38. The predicted molar refractivity (Wildman–Crippen MR) is 43.9 cm³/mol. The molecule has 10 heavy (non-hydrogen) atoms. The van der Waals surface area contributed by atoms with E-state index < -0.39 is 5.24 Å². The summed E-state index contributed by atoms with van der Waals surface area (Å²) in [6.45, 7) is 0. The maximum absolute atomic E-state index is 10.4. The van der Waals surface area contributed by atoms with Gasteiger partial charge in [0, 0.05) is 5.56 Å². The van der Waals surface area contributed by atoms with Gasteiger partial charge in [0.05, 0.1) is 0 Å². The van der Waals surface area contributed by atoms with Crippen molar-refractivity contribution in [2.24, 2.45) is 0 Å². The molecule has 0 aliphatic carbocycles. The maximum atomic E-state index is 10.4. The molecule has 3 heteroatoms. The normalized spacial score (nSPS) is 8.10. The highest BCUT2D eigenvalue weighted by Gasteiger charge is 1.95. The fourth-order valence-electron chi connectivity index (χ4n) is 0.569. The Kier molecular flexibility index (Phi) is 4.08. The van der Waals surface area contributed by atoms with Crippen LogP contribution in [0.3, 0.4) is 0 Å². The minimum atomic E-state index is -0.407. The molecule has 1 aromatic carbocycles. The van der Waals surface area contributed by atoms with E-state index in [-0.39, 0.29) is 12.4 Å². The van der Waals surface area contributed by atoms with Gasteiger partial charge in [0.15, 0.2) is 0 Å². The summed E-state index contributed by atoms with van der Waals surface area (Å²) in [6.07, 6.45) is 0. The van der Waals surface area contributed by atoms with Gasteiger partial charge in [-0.15, -0.1) is 12.4 Å². The fourth-order valence-corrected chi connectivity index (χ4v) is 0.695. The summed E-state index contributed by atoms with van der Waals surface area (Å²) < 4.78 is 0. The molecule has 0 atom stereocenters. The van der Waals surface area contributed by atoms with Crippen LogP contribution in [0.2, 0.25) is 0 Å². The first-order valence-corrected chi connectivity index (χ1v) is 2.93. The summed E-state index contributed by atoms with van der Waals surface area (Å²) in [5.74, 6) is 0. The zero-order valence-electron chi connectivity index (χ0n) is 5.08. The summed E-state index contributed by atoms with van der Waals surface area (Å²) in [4.78, 5) is 10.4. The van der Waals surface area contributed by atoms with Gasteiger partial charge in [-0.25, -0.2) is 0 Å². The van der Waals surface area contributed by atoms with Crippen LogP contribution in [0.4, 0.5) is 0 Å². The standard InChI is InChI=1S/C7H5ClO.ClH/c8-7(9)6-4-2-1-3-5-6;/h1-5H;1H. The minimum Gasteiger partial charge on any atom is -0.276 e. The predicted octanol–water partition coefficient (Wildman–Crippen LogP) is 2.49. The van der Waals surface area contributed by atoms with Crippen molar-refractivity contribution in [1.29, 1.82) is 0 Å². The molecule has 0 heterocycles. The van der Waals surface area contributed by atoms with E-state index in [9.17, 15) is 4.79 Å². The van der Waals surface area contributed by atoms with Gasteiger partial charge in [-0.1, -0.05) is 30.3 Å². The SMILES string of the molecule is Cl.O=C(Cl)c1ccccc1. The van der Waals surface area contributed by atoms with Crippen LogP contribution < -0.4 is 0 Å². The van der Waals surface area contributed by atoms with Crippen LogP contribution in [0.1, 0.15) is 10.4 Å². The number of benzene rings is 1. The molecule has 1 aromatic rings. The molecule has 54 valence electrons. The molecular formula is C7H6Cl2O. The van der Waals surface area contributed by atoms with E-state index in [2.05, 4.69) is 0 Å². The number of hydrogen-bond acceptors (Lipinski definition) is 1. The first-order chi connectivity index (χ1) is 4.30. The highest BCUT2D eigenvalue weighted by atomic mass is 35.5. The Morgan fingerprint density at radius 3 is 2.00 bits per heavy atom. The molecule has 0 saturated carbocycles. The Morgan fingerprint density at radius 2 is 1.70 bits per heavy atom. The number of carbonyl (C=O) groups excluding carboxylic acids is 1. The second-order valence-electron chi connectivity index (χ2n) is 1.64. The van der Waals surface area contributed by atoms with E-state index in [1.54, 1.807) is 24.3 Å². The number of hydrogen-bond donors (Lipinski definition) is 0. The smallest absolute Gasteiger partial charge is 0.252 e. The number of rotatable bonds is 1. The van der Waals surface area contributed by atoms with E-state index in [0.29, 0.717) is 5.56 Å². The molecule has 0 aromatic heterocycles. The van der Waals surface area contributed by atoms with Crippen LogP contribution in [0.15, 0.2) is 30.3 Å². The van der Waals surface area contributed by atoms with Crippen LogP contribution >= 0.6 is 24.0 Å². The molecule has 0 amide bonds. The van der Waals surface area contributed by atoms with Crippen molar-refractivity contribution in [3.63, 3.8) is 0 Å². The van der Waals surface area contributed by atoms with E-state index in [1.807, 2.05) is 6.07 Å². The van der Waals surface area contributed by atoms with E-state index >= 15 is 0 Å². The highest BCUT2D eigenvalue weighted by molar-refractivity contribution is 6.67. The summed E-state index contributed by atoms with van der Waals surface area (Å²) in [6, 6.07) is 8.74. The Bertz CT molecular complexity index is 208. The van der Waals surface area contributed by atoms with Crippen molar-refractivity contribution in [3.05, 3.63) is 35.9 Å². The number of halogens is 2. The molecule has 0 fully saturated rings. The van der Waals surface area contributed by atoms with Crippen molar-refractivity contribution >= 4 is 29.3 Å². The van der Waals surface area contributed by atoms with Crippen molar-refractivity contribution in [2.45, 2.75) is 0 Å². The third-order valence-corrected chi connectivity index (χ3v) is 1.22. The second-order valence-corrected chi connectivity index (χ2v) is 1.98. The fraction of sp³-hybridized carbons (Fsp3) is 0. The highest BCUT2D eigenvalue weighted by Crippen LogP contribution is 2.01. The van der Waals surface area contributed by atoms with Gasteiger partial charge in [-0.3, -0.25) is 4.79 Å². The van der Waals surface area contributed by atoms with Crippen LogP contribution in [0.5, 0.6) is 0 Å². The first-order valence-electron chi connectivity index (χ1n) is 2.55. The lowest BCUT2D eigenvalue weighted by Gasteiger charge is -1.87. The first kappa shape index (κ1) is 9.47. The summed E-state index contributed by atoms with van der Waals surface area (Å²) >= 11 is 5.16. The molecule has 0 saturated heterocycles. The van der Waals surface area contributed by atoms with E-state index in [1.165, 1.54) is 0 Å². The van der Waals surface area contributed by atoms with Gasteiger partial charge < -0.3 is 0 Å². The zero-order valence-corrected chi connectivity index (χ0v) is 6.65. The lowest BCUT2D eigenvalue weighted by Crippen LogP contribution is -1.84. The van der Waals surface area contributed by atoms with Crippen molar-refractivity contribution in [1.82, 2.24) is 0 Å². The zero-order chi connectivity index (χ0) is 6.69. The molecule has 1 nitrogen and oxygen atoms in total. The van der Waals surface area contributed by atoms with E-state index in [4.69, 9.17) is 11.6 Å². The van der Waals surface area contributed by atoms with Gasteiger partial charge in [0.25, 0.3) is 5.24 Å². The van der Waals surface area contributed by atoms with Crippen molar-refractivity contribution < 1.29 is 4.79 Å². The van der Waals surface area contributed by atoms with Crippen LogP contribution in [0, 0.1) is 0 Å². The summed E-state index contributed by atoms with van der Waals surface area (Å²) in [7, 11) is 0. The number of carbonyl (C=O) groups is 1. The topological polar surface area (TPSA) is 17.1 Å². The summed E-state index contributed by atoms with van der Waals surface area (Å²) in [5, 5.41) is -0.407.